The van der Waals surface area contributed by atoms with Gasteiger partial charge in [-0.3, -0.25) is 4.79 Å². The van der Waals surface area contributed by atoms with Gasteiger partial charge in [-0.25, -0.2) is 9.67 Å². The number of aryl methyl sites for hydroxylation is 5. The van der Waals surface area contributed by atoms with Gasteiger partial charge in [-0.15, -0.1) is 5.10 Å². The van der Waals surface area contributed by atoms with Crippen molar-refractivity contribution in [1.82, 2.24) is 14.8 Å². The fourth-order valence-corrected chi connectivity index (χ4v) is 3.63. The van der Waals surface area contributed by atoms with E-state index in [4.69, 9.17) is 0 Å². The minimum Gasteiger partial charge on any atom is -0.319 e. The molecule has 0 unspecified atom stereocenters. The van der Waals surface area contributed by atoms with Crippen molar-refractivity contribution in [3.8, 4) is 17.1 Å². The van der Waals surface area contributed by atoms with Gasteiger partial charge in [0.15, 0.2) is 5.82 Å². The zero-order valence-corrected chi connectivity index (χ0v) is 18.5. The van der Waals surface area contributed by atoms with E-state index in [0.717, 1.165) is 44.8 Å². The Balaban J connectivity index is 1.81. The Morgan fingerprint density at radius 2 is 1.52 bits per heavy atom. The first-order valence-corrected chi connectivity index (χ1v) is 10.3. The molecule has 1 amide bonds. The summed E-state index contributed by atoms with van der Waals surface area (Å²) in [5, 5.41) is 7.58. The molecular formula is C26H26N4O. The first-order chi connectivity index (χ1) is 14.8. The summed E-state index contributed by atoms with van der Waals surface area (Å²) in [4.78, 5) is 17.7. The van der Waals surface area contributed by atoms with Gasteiger partial charge in [0.2, 0.25) is 5.82 Å². The molecule has 3 aromatic carbocycles. The normalized spacial score (nSPS) is 10.9. The number of rotatable bonds is 4. The molecule has 5 heteroatoms. The van der Waals surface area contributed by atoms with Gasteiger partial charge in [0.1, 0.15) is 0 Å². The Kier molecular flexibility index (Phi) is 5.42. The Hall–Kier alpha value is -3.73. The van der Waals surface area contributed by atoms with Crippen LogP contribution in [0.3, 0.4) is 0 Å². The number of carbonyl (C=O) groups excluding carboxylic acids is 1. The lowest BCUT2D eigenvalue weighted by atomic mass is 10.1. The molecule has 0 atom stereocenters. The fraction of sp³-hybridized carbons (Fsp3) is 0.192. The van der Waals surface area contributed by atoms with Crippen molar-refractivity contribution in [1.29, 1.82) is 0 Å². The second-order valence-corrected chi connectivity index (χ2v) is 8.10. The molecule has 1 aromatic heterocycles. The summed E-state index contributed by atoms with van der Waals surface area (Å²) in [5.41, 5.74) is 8.03. The van der Waals surface area contributed by atoms with Crippen LogP contribution >= 0.6 is 0 Å². The molecule has 1 heterocycles. The van der Waals surface area contributed by atoms with Crippen molar-refractivity contribution in [2.75, 3.05) is 5.32 Å². The highest BCUT2D eigenvalue weighted by atomic mass is 16.2. The Morgan fingerprint density at radius 3 is 2.26 bits per heavy atom. The predicted octanol–water partition coefficient (Wildman–Crippen LogP) is 5.73. The van der Waals surface area contributed by atoms with Gasteiger partial charge in [-0.1, -0.05) is 53.6 Å². The molecule has 1 N–H and O–H groups in total. The van der Waals surface area contributed by atoms with Crippen LogP contribution < -0.4 is 5.32 Å². The molecule has 31 heavy (non-hydrogen) atoms. The fourth-order valence-electron chi connectivity index (χ4n) is 3.63. The highest BCUT2D eigenvalue weighted by molar-refractivity contribution is 6.02. The third kappa shape index (κ3) is 4.26. The molecule has 4 rings (SSSR count). The molecule has 0 aliphatic heterocycles. The molecule has 0 bridgehead atoms. The molecule has 0 spiro atoms. The molecule has 0 aliphatic carbocycles. The van der Waals surface area contributed by atoms with Crippen LogP contribution in [0.25, 0.3) is 17.1 Å². The molecule has 156 valence electrons. The highest BCUT2D eigenvalue weighted by Crippen LogP contribution is 2.25. The Bertz CT molecular complexity index is 1290. The number of nitrogens with one attached hydrogen (secondary N) is 1. The number of amides is 1. The molecule has 0 aliphatic rings. The van der Waals surface area contributed by atoms with Crippen molar-refractivity contribution in [2.45, 2.75) is 34.6 Å². The standard InChI is InChI=1S/C26H26N4O/c1-16-7-6-8-21(14-16)25-28-24(26(31)27-22-12-10-17(2)13-20(22)5)29-30(25)23-15-18(3)9-11-19(23)4/h6-15H,1-5H3,(H,27,31). The van der Waals surface area contributed by atoms with E-state index in [1.165, 1.54) is 0 Å². The monoisotopic (exact) mass is 410 g/mol. The topological polar surface area (TPSA) is 59.8 Å². The maximum atomic E-state index is 13.0. The lowest BCUT2D eigenvalue weighted by Crippen LogP contribution is -2.15. The number of aromatic nitrogens is 3. The molecule has 5 nitrogen and oxygen atoms in total. The number of hydrogen-bond acceptors (Lipinski definition) is 3. The van der Waals surface area contributed by atoms with Crippen LogP contribution in [-0.4, -0.2) is 20.7 Å². The van der Waals surface area contributed by atoms with E-state index in [1.807, 2.05) is 71.0 Å². The quantitative estimate of drug-likeness (QED) is 0.467. The second kappa shape index (κ2) is 8.19. The van der Waals surface area contributed by atoms with E-state index < -0.39 is 0 Å². The number of anilines is 1. The molecular weight excluding hydrogens is 384 g/mol. The molecule has 4 aromatic rings. The number of benzene rings is 3. The van der Waals surface area contributed by atoms with Crippen molar-refractivity contribution in [3.05, 3.63) is 94.3 Å². The summed E-state index contributed by atoms with van der Waals surface area (Å²) in [6, 6.07) is 20.2. The van der Waals surface area contributed by atoms with Crippen molar-refractivity contribution >= 4 is 11.6 Å². The van der Waals surface area contributed by atoms with Gasteiger partial charge < -0.3 is 5.32 Å². The van der Waals surface area contributed by atoms with Gasteiger partial charge in [-0.05, 0) is 69.5 Å². The minimum atomic E-state index is -0.329. The lowest BCUT2D eigenvalue weighted by molar-refractivity contribution is 0.101. The summed E-state index contributed by atoms with van der Waals surface area (Å²) in [7, 11) is 0. The zero-order chi connectivity index (χ0) is 22.1. The number of hydrogen-bond donors (Lipinski definition) is 1. The van der Waals surface area contributed by atoms with Crippen LogP contribution in [0.5, 0.6) is 0 Å². The number of nitrogens with zero attached hydrogens (tertiary/aromatic N) is 3. The summed E-state index contributed by atoms with van der Waals surface area (Å²) in [6.45, 7) is 10.1. The summed E-state index contributed by atoms with van der Waals surface area (Å²) in [6.07, 6.45) is 0. The minimum absolute atomic E-state index is 0.136. The van der Waals surface area contributed by atoms with Crippen LogP contribution in [0.15, 0.2) is 60.7 Å². The van der Waals surface area contributed by atoms with E-state index in [9.17, 15) is 4.79 Å². The van der Waals surface area contributed by atoms with Crippen molar-refractivity contribution < 1.29 is 4.79 Å². The average molecular weight is 411 g/mol. The molecule has 0 fully saturated rings. The summed E-state index contributed by atoms with van der Waals surface area (Å²) >= 11 is 0. The van der Waals surface area contributed by atoms with E-state index in [-0.39, 0.29) is 11.7 Å². The van der Waals surface area contributed by atoms with E-state index in [0.29, 0.717) is 5.82 Å². The highest BCUT2D eigenvalue weighted by Gasteiger charge is 2.20. The van der Waals surface area contributed by atoms with Gasteiger partial charge in [-0.2, -0.15) is 0 Å². The maximum absolute atomic E-state index is 13.0. The first-order valence-electron chi connectivity index (χ1n) is 10.3. The summed E-state index contributed by atoms with van der Waals surface area (Å²) in [5.74, 6) is 0.450. The van der Waals surface area contributed by atoms with Gasteiger partial charge >= 0.3 is 0 Å². The maximum Gasteiger partial charge on any atom is 0.295 e. The van der Waals surface area contributed by atoms with Crippen LogP contribution in [0.1, 0.15) is 38.4 Å². The molecule has 0 saturated carbocycles. The summed E-state index contributed by atoms with van der Waals surface area (Å²) < 4.78 is 1.77. The smallest absolute Gasteiger partial charge is 0.295 e. The van der Waals surface area contributed by atoms with Gasteiger partial charge in [0.25, 0.3) is 5.91 Å². The van der Waals surface area contributed by atoms with Crippen molar-refractivity contribution in [3.63, 3.8) is 0 Å². The predicted molar refractivity (Wildman–Crippen MR) is 125 cm³/mol. The third-order valence-electron chi connectivity index (χ3n) is 5.31. The van der Waals surface area contributed by atoms with E-state index >= 15 is 0 Å². The average Bonchev–Trinajstić information content (AvgIpc) is 3.17. The van der Waals surface area contributed by atoms with Crippen LogP contribution in [-0.2, 0) is 0 Å². The van der Waals surface area contributed by atoms with Gasteiger partial charge in [0.05, 0.1) is 5.69 Å². The lowest BCUT2D eigenvalue weighted by Gasteiger charge is -2.10. The second-order valence-electron chi connectivity index (χ2n) is 8.10. The SMILES string of the molecule is Cc1cccc(-c2nc(C(=O)Nc3ccc(C)cc3C)nn2-c2cc(C)ccc2C)c1. The third-order valence-corrected chi connectivity index (χ3v) is 5.31. The Labute approximate surface area is 182 Å². The van der Waals surface area contributed by atoms with Crippen LogP contribution in [0, 0.1) is 34.6 Å². The largest absolute Gasteiger partial charge is 0.319 e. The van der Waals surface area contributed by atoms with Crippen LogP contribution in [0.4, 0.5) is 5.69 Å². The van der Waals surface area contributed by atoms with E-state index in [2.05, 4.69) is 39.7 Å². The molecule has 0 radical (unpaired) electrons. The van der Waals surface area contributed by atoms with Gasteiger partial charge in [0, 0.05) is 11.3 Å². The van der Waals surface area contributed by atoms with Crippen molar-refractivity contribution in [2.24, 2.45) is 0 Å². The van der Waals surface area contributed by atoms with E-state index in [1.54, 1.807) is 4.68 Å². The Morgan fingerprint density at radius 1 is 0.806 bits per heavy atom. The zero-order valence-electron chi connectivity index (χ0n) is 18.5. The van der Waals surface area contributed by atoms with Crippen LogP contribution in [0.2, 0.25) is 0 Å². The molecule has 0 saturated heterocycles. The number of carbonyl (C=O) groups is 1. The first kappa shape index (κ1) is 20.5.